The lowest BCUT2D eigenvalue weighted by molar-refractivity contribution is 0.120. The molecule has 2 heterocycles. The highest BCUT2D eigenvalue weighted by Gasteiger charge is 2.40. The van der Waals surface area contributed by atoms with Crippen molar-refractivity contribution >= 4 is 18.0 Å². The minimum absolute atomic E-state index is 0.185. The molecule has 2 aromatic rings. The fourth-order valence-electron chi connectivity index (χ4n) is 4.04. The van der Waals surface area contributed by atoms with Crippen LogP contribution in [0.2, 0.25) is 0 Å². The molecule has 1 saturated carbocycles. The first-order chi connectivity index (χ1) is 14.2. The lowest BCUT2D eigenvalue weighted by Crippen LogP contribution is -2.53. The lowest BCUT2D eigenvalue weighted by atomic mass is 9.94. The molecule has 1 aliphatic heterocycles. The number of imidazole rings is 1. The SMILES string of the molecule is CCN(C(=O)N1NNN(c2nccn2Cc2ccccc2)C1=O)C1CCCCC1. The Balaban J connectivity index is 1.48. The molecule has 2 aliphatic rings. The largest absolute Gasteiger partial charge is 0.367 e. The molecule has 2 fully saturated rings. The number of hydrogen-bond acceptors (Lipinski definition) is 5. The van der Waals surface area contributed by atoms with Crippen molar-refractivity contribution in [3.8, 4) is 0 Å². The Morgan fingerprint density at radius 1 is 1.17 bits per heavy atom. The van der Waals surface area contributed by atoms with Gasteiger partial charge in [-0.1, -0.05) is 49.6 Å². The second-order valence-corrected chi connectivity index (χ2v) is 7.38. The maximum atomic E-state index is 13.1. The number of imide groups is 1. The van der Waals surface area contributed by atoms with Crippen LogP contribution in [0, 0.1) is 0 Å². The van der Waals surface area contributed by atoms with Crippen molar-refractivity contribution in [1.29, 1.82) is 0 Å². The summed E-state index contributed by atoms with van der Waals surface area (Å²) in [5.41, 5.74) is 6.57. The molecule has 9 nitrogen and oxygen atoms in total. The molecule has 1 saturated heterocycles. The van der Waals surface area contributed by atoms with E-state index in [0.717, 1.165) is 36.3 Å². The molecule has 1 aliphatic carbocycles. The zero-order valence-corrected chi connectivity index (χ0v) is 16.6. The van der Waals surface area contributed by atoms with Crippen molar-refractivity contribution in [2.75, 3.05) is 11.6 Å². The van der Waals surface area contributed by atoms with Gasteiger partial charge < -0.3 is 9.47 Å². The summed E-state index contributed by atoms with van der Waals surface area (Å²) in [6.07, 6.45) is 8.87. The van der Waals surface area contributed by atoms with E-state index in [0.29, 0.717) is 19.0 Å². The van der Waals surface area contributed by atoms with E-state index in [9.17, 15) is 9.59 Å². The van der Waals surface area contributed by atoms with Crippen molar-refractivity contribution in [2.24, 2.45) is 0 Å². The molecular weight excluding hydrogens is 370 g/mol. The van der Waals surface area contributed by atoms with Crippen molar-refractivity contribution in [2.45, 2.75) is 51.6 Å². The first-order valence-electron chi connectivity index (χ1n) is 10.2. The molecule has 1 aromatic carbocycles. The zero-order chi connectivity index (χ0) is 20.2. The van der Waals surface area contributed by atoms with Crippen molar-refractivity contribution < 1.29 is 9.59 Å². The van der Waals surface area contributed by atoms with Crippen LogP contribution in [0.15, 0.2) is 42.7 Å². The van der Waals surface area contributed by atoms with Crippen molar-refractivity contribution in [3.63, 3.8) is 0 Å². The molecule has 9 heteroatoms. The second-order valence-electron chi connectivity index (χ2n) is 7.38. The molecule has 1 aromatic heterocycles. The van der Waals surface area contributed by atoms with Gasteiger partial charge in [-0.3, -0.25) is 0 Å². The molecule has 154 valence electrons. The van der Waals surface area contributed by atoms with Crippen molar-refractivity contribution in [3.05, 3.63) is 48.3 Å². The molecule has 0 bridgehead atoms. The number of amides is 4. The standard InChI is InChI=1S/C20H27N7O2/c1-2-25(17-11-7-4-8-12-17)19(28)27-20(29)26(22-23-27)18-21-13-14-24(18)15-16-9-5-3-6-10-16/h3,5-6,9-10,13-14,17,22-23H,2,4,7-8,11-12,15H2,1H3. The highest BCUT2D eigenvalue weighted by atomic mass is 16.2. The van der Waals surface area contributed by atoms with Gasteiger partial charge in [0, 0.05) is 25.0 Å². The Labute approximate surface area is 170 Å². The van der Waals surface area contributed by atoms with Gasteiger partial charge in [0.1, 0.15) is 0 Å². The van der Waals surface area contributed by atoms with Crippen LogP contribution in [-0.2, 0) is 6.54 Å². The molecular formula is C20H27N7O2. The fourth-order valence-corrected chi connectivity index (χ4v) is 4.04. The summed E-state index contributed by atoms with van der Waals surface area (Å²) in [5, 5.41) is 2.29. The van der Waals surface area contributed by atoms with Crippen LogP contribution in [-0.4, -0.2) is 44.1 Å². The van der Waals surface area contributed by atoms with Gasteiger partial charge in [0.25, 0.3) is 0 Å². The quantitative estimate of drug-likeness (QED) is 0.810. The summed E-state index contributed by atoms with van der Waals surface area (Å²) in [5.74, 6) is 0.419. The molecule has 4 amide bonds. The summed E-state index contributed by atoms with van der Waals surface area (Å²) >= 11 is 0. The molecule has 0 atom stereocenters. The first-order valence-corrected chi connectivity index (χ1v) is 10.2. The Bertz CT molecular complexity index is 848. The van der Waals surface area contributed by atoms with Crippen LogP contribution < -0.4 is 16.1 Å². The molecule has 4 rings (SSSR count). The van der Waals surface area contributed by atoms with E-state index in [1.807, 2.05) is 48.0 Å². The maximum absolute atomic E-state index is 13.1. The average Bonchev–Trinajstić information content (AvgIpc) is 3.36. The number of aromatic nitrogens is 2. The summed E-state index contributed by atoms with van der Waals surface area (Å²) in [7, 11) is 0. The summed E-state index contributed by atoms with van der Waals surface area (Å²) in [6.45, 7) is 3.08. The number of anilines is 1. The predicted molar refractivity (Wildman–Crippen MR) is 108 cm³/mol. The predicted octanol–water partition coefficient (Wildman–Crippen LogP) is 2.87. The summed E-state index contributed by atoms with van der Waals surface area (Å²) < 4.78 is 1.86. The molecule has 29 heavy (non-hydrogen) atoms. The van der Waals surface area contributed by atoms with E-state index in [2.05, 4.69) is 16.1 Å². The number of carbonyl (C=O) groups is 2. The van der Waals surface area contributed by atoms with Gasteiger partial charge in [0.15, 0.2) is 0 Å². The number of benzene rings is 1. The van der Waals surface area contributed by atoms with E-state index in [4.69, 9.17) is 0 Å². The minimum atomic E-state index is -0.496. The number of rotatable bonds is 5. The van der Waals surface area contributed by atoms with Crippen LogP contribution in [0.3, 0.4) is 0 Å². The van der Waals surface area contributed by atoms with Crippen LogP contribution in [0.1, 0.15) is 44.6 Å². The lowest BCUT2D eigenvalue weighted by Gasteiger charge is -2.34. The van der Waals surface area contributed by atoms with E-state index in [1.54, 1.807) is 11.1 Å². The molecule has 0 unspecified atom stereocenters. The Hall–Kier alpha value is -2.91. The Kier molecular flexibility index (Phi) is 5.77. The summed E-state index contributed by atoms with van der Waals surface area (Å²) in [6, 6.07) is 9.29. The summed E-state index contributed by atoms with van der Waals surface area (Å²) in [4.78, 5) is 32.1. The number of hydrogen-bond donors (Lipinski definition) is 2. The number of urea groups is 2. The topological polar surface area (TPSA) is 85.7 Å². The first kappa shape index (κ1) is 19.4. The third-order valence-corrected chi connectivity index (χ3v) is 5.54. The van der Waals surface area contributed by atoms with Crippen LogP contribution in [0.25, 0.3) is 0 Å². The van der Waals surface area contributed by atoms with Crippen molar-refractivity contribution in [1.82, 2.24) is 30.5 Å². The number of nitrogens with one attached hydrogen (secondary N) is 2. The third-order valence-electron chi connectivity index (χ3n) is 5.54. The van der Waals surface area contributed by atoms with Gasteiger partial charge in [-0.15, -0.1) is 11.1 Å². The van der Waals surface area contributed by atoms with Crippen LogP contribution in [0.5, 0.6) is 0 Å². The van der Waals surface area contributed by atoms with Gasteiger partial charge in [0.2, 0.25) is 5.95 Å². The highest BCUT2D eigenvalue weighted by molar-refractivity contribution is 6.01. The molecule has 0 radical (unpaired) electrons. The minimum Gasteiger partial charge on any atom is -0.320 e. The van der Waals surface area contributed by atoms with Gasteiger partial charge in [0.05, 0.1) is 6.54 Å². The molecule has 0 spiro atoms. The van der Waals surface area contributed by atoms with Crippen LogP contribution in [0.4, 0.5) is 15.5 Å². The van der Waals surface area contributed by atoms with E-state index < -0.39 is 6.03 Å². The van der Waals surface area contributed by atoms with E-state index in [1.165, 1.54) is 11.4 Å². The van der Waals surface area contributed by atoms with Gasteiger partial charge in [-0.05, 0) is 25.3 Å². The maximum Gasteiger partial charge on any atom is 0.367 e. The molecule has 2 N–H and O–H groups in total. The van der Waals surface area contributed by atoms with Gasteiger partial charge >= 0.3 is 12.1 Å². The average molecular weight is 397 g/mol. The fraction of sp³-hybridized carbons (Fsp3) is 0.450. The number of carbonyl (C=O) groups excluding carboxylic acids is 2. The number of nitrogens with zero attached hydrogens (tertiary/aromatic N) is 5. The monoisotopic (exact) mass is 397 g/mol. The Morgan fingerprint density at radius 2 is 1.93 bits per heavy atom. The van der Waals surface area contributed by atoms with Gasteiger partial charge in [-0.2, -0.15) is 10.0 Å². The van der Waals surface area contributed by atoms with E-state index in [-0.39, 0.29) is 12.1 Å². The normalized spacial score (nSPS) is 17.8. The number of hydrazine groups is 3. The zero-order valence-electron chi connectivity index (χ0n) is 16.6. The van der Waals surface area contributed by atoms with Gasteiger partial charge in [-0.25, -0.2) is 14.6 Å². The second kappa shape index (κ2) is 8.62. The third kappa shape index (κ3) is 3.96. The Morgan fingerprint density at radius 3 is 2.66 bits per heavy atom. The smallest absolute Gasteiger partial charge is 0.320 e. The van der Waals surface area contributed by atoms with E-state index >= 15 is 0 Å². The van der Waals surface area contributed by atoms with Crippen LogP contribution >= 0.6 is 0 Å². The highest BCUT2D eigenvalue weighted by Crippen LogP contribution is 2.24.